The van der Waals surface area contributed by atoms with E-state index in [1.807, 2.05) is 50.5 Å². The Morgan fingerprint density at radius 1 is 1.08 bits per heavy atom. The summed E-state index contributed by atoms with van der Waals surface area (Å²) >= 11 is 0. The Balaban J connectivity index is 1.71. The Bertz CT molecular complexity index is 948. The Morgan fingerprint density at radius 3 is 2.50 bits per heavy atom. The van der Waals surface area contributed by atoms with Crippen molar-refractivity contribution in [2.45, 2.75) is 12.5 Å². The van der Waals surface area contributed by atoms with Crippen LogP contribution in [0.1, 0.15) is 16.1 Å². The maximum Gasteiger partial charge on any atom is 0.267 e. The van der Waals surface area contributed by atoms with Gasteiger partial charge in [-0.2, -0.15) is 0 Å². The molecule has 5 heteroatoms. The minimum Gasteiger partial charge on any atom is -0.349 e. The van der Waals surface area contributed by atoms with Crippen molar-refractivity contribution in [2.75, 3.05) is 20.6 Å². The van der Waals surface area contributed by atoms with Crippen LogP contribution in [-0.4, -0.2) is 42.5 Å². The first-order valence-electron chi connectivity index (χ1n) is 8.65. The molecular weight excluding hydrogens is 326 g/mol. The van der Waals surface area contributed by atoms with E-state index < -0.39 is 0 Å². The maximum atomic E-state index is 12.5. The minimum absolute atomic E-state index is 0.161. The molecule has 5 nitrogen and oxygen atoms in total. The second-order valence-electron chi connectivity index (χ2n) is 6.62. The molecule has 0 aliphatic rings. The van der Waals surface area contributed by atoms with Crippen molar-refractivity contribution in [1.29, 1.82) is 0 Å². The number of likely N-dealkylation sites (N-methyl/N-ethyl adjacent to an activating group) is 1. The van der Waals surface area contributed by atoms with E-state index in [0.717, 1.165) is 11.8 Å². The van der Waals surface area contributed by atoms with E-state index in [-0.39, 0.29) is 23.2 Å². The summed E-state index contributed by atoms with van der Waals surface area (Å²) in [6, 6.07) is 19.3. The molecule has 0 fully saturated rings. The van der Waals surface area contributed by atoms with Crippen molar-refractivity contribution < 1.29 is 4.79 Å². The molecule has 0 bridgehead atoms. The number of pyridine rings is 1. The van der Waals surface area contributed by atoms with Gasteiger partial charge in [-0.15, -0.1) is 0 Å². The van der Waals surface area contributed by atoms with Gasteiger partial charge in [0.15, 0.2) is 0 Å². The zero-order valence-electron chi connectivity index (χ0n) is 15.0. The number of hydrogen-bond acceptors (Lipinski definition) is 3. The summed E-state index contributed by atoms with van der Waals surface area (Å²) in [5.74, 6) is -0.271. The number of carbonyl (C=O) groups excluding carboxylic acids is 1. The van der Waals surface area contributed by atoms with Gasteiger partial charge in [0.1, 0.15) is 5.69 Å². The molecule has 0 aliphatic carbocycles. The van der Waals surface area contributed by atoms with Crippen LogP contribution in [0.4, 0.5) is 0 Å². The number of aromatic amines is 1. The molecule has 0 saturated carbocycles. The average Bonchev–Trinajstić information content (AvgIpc) is 2.65. The number of carbonyl (C=O) groups is 1. The molecule has 0 spiro atoms. The van der Waals surface area contributed by atoms with Gasteiger partial charge < -0.3 is 15.2 Å². The van der Waals surface area contributed by atoms with Crippen LogP contribution in [-0.2, 0) is 6.42 Å². The third kappa shape index (κ3) is 4.18. The number of nitrogens with zero attached hydrogens (tertiary/aromatic N) is 1. The molecule has 2 N–H and O–H groups in total. The molecule has 1 heterocycles. The number of hydrogen-bond donors (Lipinski definition) is 2. The Hall–Kier alpha value is -2.92. The molecule has 2 aromatic carbocycles. The highest BCUT2D eigenvalue weighted by Gasteiger charge is 2.15. The second kappa shape index (κ2) is 7.97. The largest absolute Gasteiger partial charge is 0.349 e. The topological polar surface area (TPSA) is 65.2 Å². The molecular formula is C21H23N3O2. The number of rotatable bonds is 6. The summed E-state index contributed by atoms with van der Waals surface area (Å²) in [6.45, 7) is 0.496. The van der Waals surface area contributed by atoms with Crippen LogP contribution in [0.5, 0.6) is 0 Å². The van der Waals surface area contributed by atoms with E-state index in [4.69, 9.17) is 0 Å². The molecule has 26 heavy (non-hydrogen) atoms. The fourth-order valence-corrected chi connectivity index (χ4v) is 2.96. The van der Waals surface area contributed by atoms with E-state index in [2.05, 4.69) is 27.3 Å². The zero-order valence-corrected chi connectivity index (χ0v) is 15.0. The van der Waals surface area contributed by atoms with E-state index >= 15 is 0 Å². The normalized spacial score (nSPS) is 12.3. The van der Waals surface area contributed by atoms with Gasteiger partial charge in [-0.1, -0.05) is 48.5 Å². The van der Waals surface area contributed by atoms with Gasteiger partial charge in [0.25, 0.3) is 11.5 Å². The monoisotopic (exact) mass is 349 g/mol. The van der Waals surface area contributed by atoms with Crippen molar-refractivity contribution in [3.63, 3.8) is 0 Å². The lowest BCUT2D eigenvalue weighted by Gasteiger charge is -2.24. The van der Waals surface area contributed by atoms with Crippen molar-refractivity contribution in [3.8, 4) is 0 Å². The zero-order chi connectivity index (χ0) is 18.5. The van der Waals surface area contributed by atoms with Gasteiger partial charge in [-0.3, -0.25) is 9.59 Å². The predicted octanol–water partition coefficient (Wildman–Crippen LogP) is 2.43. The predicted molar refractivity (Wildman–Crippen MR) is 105 cm³/mol. The number of amides is 1. The van der Waals surface area contributed by atoms with Crippen LogP contribution >= 0.6 is 0 Å². The van der Waals surface area contributed by atoms with Crippen LogP contribution in [0, 0.1) is 0 Å². The summed E-state index contributed by atoms with van der Waals surface area (Å²) in [4.78, 5) is 29.4. The van der Waals surface area contributed by atoms with Gasteiger partial charge in [-0.05, 0) is 43.6 Å². The summed E-state index contributed by atoms with van der Waals surface area (Å²) in [7, 11) is 4.00. The Kier molecular flexibility index (Phi) is 5.49. The van der Waals surface area contributed by atoms with Crippen molar-refractivity contribution in [3.05, 3.63) is 82.3 Å². The summed E-state index contributed by atoms with van der Waals surface area (Å²) < 4.78 is 0. The number of H-pyrrole nitrogens is 1. The van der Waals surface area contributed by atoms with E-state index in [1.165, 1.54) is 5.56 Å². The number of nitrogens with one attached hydrogen (secondary N) is 2. The fourth-order valence-electron chi connectivity index (χ4n) is 2.96. The quantitative estimate of drug-likeness (QED) is 0.718. The van der Waals surface area contributed by atoms with E-state index in [0.29, 0.717) is 11.9 Å². The second-order valence-corrected chi connectivity index (χ2v) is 6.62. The van der Waals surface area contributed by atoms with Gasteiger partial charge in [0.05, 0.1) is 0 Å². The molecule has 3 rings (SSSR count). The first-order chi connectivity index (χ1) is 12.5. The lowest BCUT2D eigenvalue weighted by atomic mass is 10.1. The first kappa shape index (κ1) is 17.9. The third-order valence-corrected chi connectivity index (χ3v) is 4.54. The number of benzene rings is 2. The highest BCUT2D eigenvalue weighted by Crippen LogP contribution is 2.10. The van der Waals surface area contributed by atoms with Crippen molar-refractivity contribution in [1.82, 2.24) is 15.2 Å². The standard InChI is InChI=1S/C21H23N3O2/c1-24(2)17(12-15-8-4-3-5-9-15)14-22-21(26)19-13-16-10-6-7-11-18(16)20(25)23-19/h3-11,13,17H,12,14H2,1-2H3,(H,22,26)(H,23,25)/t17-/m0/s1. The molecule has 1 amide bonds. The molecule has 1 aromatic heterocycles. The van der Waals surface area contributed by atoms with Gasteiger partial charge in [0.2, 0.25) is 0 Å². The highest BCUT2D eigenvalue weighted by molar-refractivity contribution is 5.96. The minimum atomic E-state index is -0.271. The maximum absolute atomic E-state index is 12.5. The summed E-state index contributed by atoms with van der Waals surface area (Å²) in [6.07, 6.45) is 0.836. The van der Waals surface area contributed by atoms with Gasteiger partial charge >= 0.3 is 0 Å². The summed E-state index contributed by atoms with van der Waals surface area (Å²) in [5, 5.41) is 4.28. The molecule has 0 aliphatic heterocycles. The van der Waals surface area contributed by atoms with E-state index in [1.54, 1.807) is 12.1 Å². The van der Waals surface area contributed by atoms with Gasteiger partial charge in [0, 0.05) is 18.0 Å². The highest BCUT2D eigenvalue weighted by atomic mass is 16.2. The van der Waals surface area contributed by atoms with E-state index in [9.17, 15) is 9.59 Å². The van der Waals surface area contributed by atoms with Crippen LogP contribution in [0.15, 0.2) is 65.5 Å². The molecule has 3 aromatic rings. The lowest BCUT2D eigenvalue weighted by molar-refractivity contribution is 0.0936. The SMILES string of the molecule is CN(C)[C@H](CNC(=O)c1cc2ccccc2c(=O)[nH]1)Cc1ccccc1. The summed E-state index contributed by atoms with van der Waals surface area (Å²) in [5.41, 5.74) is 1.26. The molecule has 0 unspecified atom stereocenters. The first-order valence-corrected chi connectivity index (χ1v) is 8.65. The fraction of sp³-hybridized carbons (Fsp3) is 0.238. The van der Waals surface area contributed by atoms with Crippen LogP contribution in [0.2, 0.25) is 0 Å². The smallest absolute Gasteiger partial charge is 0.267 e. The third-order valence-electron chi connectivity index (χ3n) is 4.54. The number of fused-ring (bicyclic) bond motifs is 1. The van der Waals surface area contributed by atoms with Gasteiger partial charge in [-0.25, -0.2) is 0 Å². The van der Waals surface area contributed by atoms with Crippen LogP contribution in [0.25, 0.3) is 10.8 Å². The Morgan fingerprint density at radius 2 is 1.77 bits per heavy atom. The van der Waals surface area contributed by atoms with Crippen molar-refractivity contribution >= 4 is 16.7 Å². The van der Waals surface area contributed by atoms with Crippen LogP contribution in [0.3, 0.4) is 0 Å². The number of aromatic nitrogens is 1. The molecule has 134 valence electrons. The molecule has 0 saturated heterocycles. The van der Waals surface area contributed by atoms with Crippen molar-refractivity contribution in [2.24, 2.45) is 0 Å². The van der Waals surface area contributed by atoms with Crippen LogP contribution < -0.4 is 10.9 Å². The molecule has 1 atom stereocenters. The molecule has 0 radical (unpaired) electrons. The lowest BCUT2D eigenvalue weighted by Crippen LogP contribution is -2.42. The Labute approximate surface area is 152 Å². The average molecular weight is 349 g/mol.